The maximum atomic E-state index is 11.9. The molecule has 2 atom stereocenters. The Morgan fingerprint density at radius 1 is 1.29 bits per heavy atom. The van der Waals surface area contributed by atoms with Crippen LogP contribution in [0.2, 0.25) is 0 Å². The van der Waals surface area contributed by atoms with Gasteiger partial charge in [0.25, 0.3) is 0 Å². The number of ether oxygens (including phenoxy) is 2. The van der Waals surface area contributed by atoms with Gasteiger partial charge in [-0.25, -0.2) is 4.79 Å². The highest BCUT2D eigenvalue weighted by atomic mass is 16.5. The molecular formula is C10H18N2O5. The van der Waals surface area contributed by atoms with Crippen molar-refractivity contribution < 1.29 is 24.2 Å². The van der Waals surface area contributed by atoms with Crippen molar-refractivity contribution in [1.82, 2.24) is 9.80 Å². The van der Waals surface area contributed by atoms with Gasteiger partial charge in [-0.1, -0.05) is 0 Å². The van der Waals surface area contributed by atoms with E-state index in [1.807, 2.05) is 0 Å². The first-order valence-corrected chi connectivity index (χ1v) is 5.27. The number of carboxylic acid groups (broad SMARTS) is 1. The summed E-state index contributed by atoms with van der Waals surface area (Å²) in [7, 11) is 4.58. The van der Waals surface area contributed by atoms with Gasteiger partial charge in [-0.15, -0.1) is 0 Å². The molecule has 1 fully saturated rings. The molecule has 0 bridgehead atoms. The molecule has 0 aromatic carbocycles. The predicted molar refractivity (Wildman–Crippen MR) is 58.8 cm³/mol. The third-order valence-electron chi connectivity index (χ3n) is 2.79. The number of urea groups is 1. The van der Waals surface area contributed by atoms with Crippen LogP contribution in [0.5, 0.6) is 0 Å². The minimum Gasteiger partial charge on any atom is -0.480 e. The van der Waals surface area contributed by atoms with Crippen molar-refractivity contribution in [3.05, 3.63) is 0 Å². The van der Waals surface area contributed by atoms with Crippen LogP contribution >= 0.6 is 0 Å². The zero-order valence-corrected chi connectivity index (χ0v) is 10.3. The Balaban J connectivity index is 2.57. The number of carboxylic acids is 1. The van der Waals surface area contributed by atoms with E-state index in [2.05, 4.69) is 0 Å². The number of carbonyl (C=O) groups excluding carboxylic acids is 1. The van der Waals surface area contributed by atoms with Crippen LogP contribution in [-0.4, -0.2) is 80.0 Å². The Morgan fingerprint density at radius 2 is 1.76 bits per heavy atom. The number of rotatable bonds is 4. The van der Waals surface area contributed by atoms with Gasteiger partial charge >= 0.3 is 12.0 Å². The highest BCUT2D eigenvalue weighted by molar-refractivity contribution is 5.80. The fourth-order valence-corrected chi connectivity index (χ4v) is 1.86. The van der Waals surface area contributed by atoms with E-state index in [4.69, 9.17) is 14.6 Å². The number of amides is 2. The number of aliphatic carboxylic acids is 1. The molecule has 2 unspecified atom stereocenters. The Bertz CT molecular complexity index is 284. The number of nitrogens with zero attached hydrogens (tertiary/aromatic N) is 2. The third-order valence-corrected chi connectivity index (χ3v) is 2.79. The summed E-state index contributed by atoms with van der Waals surface area (Å²) in [5.41, 5.74) is 0. The summed E-state index contributed by atoms with van der Waals surface area (Å²) in [4.78, 5) is 25.1. The SMILES string of the molecule is COC1CN(C(=O)N(C)CC(=O)O)CC1OC. The van der Waals surface area contributed by atoms with Crippen molar-refractivity contribution in [3.8, 4) is 0 Å². The first-order valence-electron chi connectivity index (χ1n) is 5.27. The second-order valence-electron chi connectivity index (χ2n) is 3.99. The average Bonchev–Trinajstić information content (AvgIpc) is 2.69. The van der Waals surface area contributed by atoms with Crippen molar-refractivity contribution in [1.29, 1.82) is 0 Å². The Hall–Kier alpha value is -1.34. The number of methoxy groups -OCH3 is 2. The molecule has 1 saturated heterocycles. The molecule has 0 saturated carbocycles. The van der Waals surface area contributed by atoms with E-state index in [1.165, 1.54) is 11.9 Å². The topological polar surface area (TPSA) is 79.3 Å². The van der Waals surface area contributed by atoms with Crippen LogP contribution in [0.3, 0.4) is 0 Å². The van der Waals surface area contributed by atoms with Crippen molar-refractivity contribution in [3.63, 3.8) is 0 Å². The molecule has 0 radical (unpaired) electrons. The third kappa shape index (κ3) is 3.31. The van der Waals surface area contributed by atoms with Gasteiger partial charge in [0, 0.05) is 21.3 Å². The summed E-state index contributed by atoms with van der Waals surface area (Å²) < 4.78 is 10.4. The summed E-state index contributed by atoms with van der Waals surface area (Å²) in [5.74, 6) is -1.04. The molecule has 1 rings (SSSR count). The van der Waals surface area contributed by atoms with E-state index in [9.17, 15) is 9.59 Å². The van der Waals surface area contributed by atoms with Crippen molar-refractivity contribution in [2.75, 3.05) is 40.9 Å². The lowest BCUT2D eigenvalue weighted by Gasteiger charge is -2.22. The highest BCUT2D eigenvalue weighted by Gasteiger charge is 2.36. The molecule has 0 aliphatic carbocycles. The van der Waals surface area contributed by atoms with E-state index < -0.39 is 5.97 Å². The van der Waals surface area contributed by atoms with Crippen LogP contribution in [0.4, 0.5) is 4.79 Å². The fraction of sp³-hybridized carbons (Fsp3) is 0.800. The van der Waals surface area contributed by atoms with Crippen LogP contribution in [0, 0.1) is 0 Å². The number of hydrogen-bond acceptors (Lipinski definition) is 4. The quantitative estimate of drug-likeness (QED) is 0.721. The van der Waals surface area contributed by atoms with Crippen molar-refractivity contribution in [2.45, 2.75) is 12.2 Å². The Labute approximate surface area is 99.9 Å². The second kappa shape index (κ2) is 5.83. The summed E-state index contributed by atoms with van der Waals surface area (Å²) in [6.45, 7) is 0.514. The summed E-state index contributed by atoms with van der Waals surface area (Å²) in [6.07, 6.45) is -0.329. The maximum absolute atomic E-state index is 11.9. The molecule has 2 amide bonds. The van der Waals surface area contributed by atoms with E-state index >= 15 is 0 Å². The van der Waals surface area contributed by atoms with Gasteiger partial charge in [0.1, 0.15) is 18.8 Å². The lowest BCUT2D eigenvalue weighted by Crippen LogP contribution is -2.42. The molecule has 0 spiro atoms. The van der Waals surface area contributed by atoms with Gasteiger partial charge in [0.2, 0.25) is 0 Å². The summed E-state index contributed by atoms with van der Waals surface area (Å²) in [5, 5.41) is 8.61. The van der Waals surface area contributed by atoms with E-state index in [0.717, 1.165) is 4.90 Å². The number of hydrogen-bond donors (Lipinski definition) is 1. The molecule has 0 aromatic heterocycles. The molecule has 1 N–H and O–H groups in total. The molecule has 1 aliphatic heterocycles. The lowest BCUT2D eigenvalue weighted by atomic mass is 10.3. The number of carbonyl (C=O) groups is 2. The molecule has 7 nitrogen and oxygen atoms in total. The number of likely N-dealkylation sites (tertiary alicyclic amines) is 1. The minimum absolute atomic E-state index is 0.165. The monoisotopic (exact) mass is 246 g/mol. The summed E-state index contributed by atoms with van der Waals surface area (Å²) in [6, 6.07) is -0.325. The van der Waals surface area contributed by atoms with Crippen LogP contribution in [-0.2, 0) is 14.3 Å². The Kier molecular flexibility index (Phi) is 4.71. The van der Waals surface area contributed by atoms with Gasteiger partial charge in [-0.2, -0.15) is 0 Å². The van der Waals surface area contributed by atoms with Gasteiger partial charge < -0.3 is 24.4 Å². The van der Waals surface area contributed by atoms with Crippen molar-refractivity contribution >= 4 is 12.0 Å². The van der Waals surface area contributed by atoms with Crippen molar-refractivity contribution in [2.24, 2.45) is 0 Å². The predicted octanol–water partition coefficient (Wildman–Crippen LogP) is -0.532. The molecular weight excluding hydrogens is 228 g/mol. The molecule has 0 aromatic rings. The van der Waals surface area contributed by atoms with Gasteiger partial charge in [-0.05, 0) is 0 Å². The van der Waals surface area contributed by atoms with Crippen LogP contribution in [0.15, 0.2) is 0 Å². The largest absolute Gasteiger partial charge is 0.480 e. The molecule has 7 heteroatoms. The zero-order valence-electron chi connectivity index (χ0n) is 10.3. The standard InChI is InChI=1S/C10H18N2O5/c1-11(6-9(13)14)10(15)12-4-7(16-2)8(5-12)17-3/h7-8H,4-6H2,1-3H3,(H,13,14). The average molecular weight is 246 g/mol. The molecule has 98 valence electrons. The lowest BCUT2D eigenvalue weighted by molar-refractivity contribution is -0.137. The molecule has 1 heterocycles. The zero-order chi connectivity index (χ0) is 13.0. The second-order valence-corrected chi connectivity index (χ2v) is 3.99. The smallest absolute Gasteiger partial charge is 0.323 e. The van der Waals surface area contributed by atoms with Crippen LogP contribution in [0.25, 0.3) is 0 Å². The number of likely N-dealkylation sites (N-methyl/N-ethyl adjacent to an activating group) is 1. The van der Waals surface area contributed by atoms with Gasteiger partial charge in [0.05, 0.1) is 13.1 Å². The molecule has 17 heavy (non-hydrogen) atoms. The first-order chi connectivity index (χ1) is 7.99. The highest BCUT2D eigenvalue weighted by Crippen LogP contribution is 2.16. The Morgan fingerprint density at radius 3 is 2.12 bits per heavy atom. The first kappa shape index (κ1) is 13.7. The van der Waals surface area contributed by atoms with Crippen LogP contribution < -0.4 is 0 Å². The van der Waals surface area contributed by atoms with Crippen LogP contribution in [0.1, 0.15) is 0 Å². The normalized spacial score (nSPS) is 23.8. The summed E-state index contributed by atoms with van der Waals surface area (Å²) >= 11 is 0. The van der Waals surface area contributed by atoms with E-state index in [1.54, 1.807) is 14.2 Å². The molecule has 1 aliphatic rings. The fourth-order valence-electron chi connectivity index (χ4n) is 1.86. The maximum Gasteiger partial charge on any atom is 0.323 e. The van der Waals surface area contributed by atoms with Gasteiger partial charge in [0.15, 0.2) is 0 Å². The minimum atomic E-state index is -1.04. The van der Waals surface area contributed by atoms with E-state index in [-0.39, 0.29) is 24.8 Å². The van der Waals surface area contributed by atoms with E-state index in [0.29, 0.717) is 13.1 Å². The van der Waals surface area contributed by atoms with Gasteiger partial charge in [-0.3, -0.25) is 4.79 Å².